The van der Waals surface area contributed by atoms with Crippen molar-refractivity contribution in [2.24, 2.45) is 0 Å². The molecule has 0 bridgehead atoms. The lowest BCUT2D eigenvalue weighted by Gasteiger charge is -2.33. The summed E-state index contributed by atoms with van der Waals surface area (Å²) in [6, 6.07) is 20.3. The summed E-state index contributed by atoms with van der Waals surface area (Å²) >= 11 is 0. The molecule has 0 aliphatic carbocycles. The third kappa shape index (κ3) is 4.35. The molecule has 37 heavy (non-hydrogen) atoms. The second-order valence-electron chi connectivity index (χ2n) is 9.27. The molecule has 3 aromatic carbocycles. The molecule has 2 heterocycles. The van der Waals surface area contributed by atoms with E-state index in [1.54, 1.807) is 41.7 Å². The van der Waals surface area contributed by atoms with Crippen LogP contribution in [0.5, 0.6) is 0 Å². The highest BCUT2D eigenvalue weighted by atomic mass is 16.5. The van der Waals surface area contributed by atoms with E-state index < -0.39 is 11.5 Å². The lowest BCUT2D eigenvalue weighted by Crippen LogP contribution is -2.44. The van der Waals surface area contributed by atoms with E-state index in [9.17, 15) is 14.4 Å². The number of fused-ring (bicyclic) bond motifs is 1. The summed E-state index contributed by atoms with van der Waals surface area (Å²) in [6.45, 7) is 2.99. The van der Waals surface area contributed by atoms with Gasteiger partial charge in [-0.2, -0.15) is 0 Å². The summed E-state index contributed by atoms with van der Waals surface area (Å²) in [5.74, 6) is -0.672. The van der Waals surface area contributed by atoms with E-state index in [2.05, 4.69) is 4.98 Å². The van der Waals surface area contributed by atoms with Gasteiger partial charge in [0.25, 0.3) is 5.91 Å². The van der Waals surface area contributed by atoms with Crippen LogP contribution in [-0.2, 0) is 28.2 Å². The molecule has 3 amide bonds. The van der Waals surface area contributed by atoms with Crippen LogP contribution in [-0.4, -0.2) is 50.9 Å². The number of ether oxygens (including phenoxy) is 1. The summed E-state index contributed by atoms with van der Waals surface area (Å²) in [5.41, 5.74) is 0.814. The summed E-state index contributed by atoms with van der Waals surface area (Å²) < 4.78 is 6.72. The van der Waals surface area contributed by atoms with E-state index in [1.807, 2.05) is 60.2 Å². The van der Waals surface area contributed by atoms with Gasteiger partial charge in [0.1, 0.15) is 5.54 Å². The number of rotatable bonds is 8. The molecular weight excluding hydrogens is 468 g/mol. The van der Waals surface area contributed by atoms with Crippen LogP contribution >= 0.6 is 0 Å². The van der Waals surface area contributed by atoms with Crippen molar-refractivity contribution < 1.29 is 19.1 Å². The Morgan fingerprint density at radius 3 is 2.46 bits per heavy atom. The van der Waals surface area contributed by atoms with E-state index in [0.29, 0.717) is 25.1 Å². The number of carbonyl (C=O) groups is 3. The minimum Gasteiger partial charge on any atom is -0.465 e. The van der Waals surface area contributed by atoms with Crippen LogP contribution in [0.25, 0.3) is 10.8 Å². The maximum absolute atomic E-state index is 14.0. The first-order valence-electron chi connectivity index (χ1n) is 12.2. The highest BCUT2D eigenvalue weighted by Gasteiger charge is 2.55. The molecule has 4 aromatic rings. The van der Waals surface area contributed by atoms with Gasteiger partial charge < -0.3 is 14.2 Å². The highest BCUT2D eigenvalue weighted by Crippen LogP contribution is 2.41. The molecule has 0 N–H and O–H groups in total. The van der Waals surface area contributed by atoms with Gasteiger partial charge in [-0.3, -0.25) is 9.69 Å². The van der Waals surface area contributed by atoms with Crippen molar-refractivity contribution in [3.8, 4) is 0 Å². The van der Waals surface area contributed by atoms with Crippen LogP contribution in [0, 0.1) is 0 Å². The lowest BCUT2D eigenvalue weighted by atomic mass is 9.86. The maximum Gasteiger partial charge on any atom is 0.337 e. The Morgan fingerprint density at radius 2 is 1.73 bits per heavy atom. The Labute approximate surface area is 215 Å². The normalized spacial score (nSPS) is 17.6. The van der Waals surface area contributed by atoms with Crippen LogP contribution < -0.4 is 0 Å². The Balaban J connectivity index is 1.51. The van der Waals surface area contributed by atoms with Crippen molar-refractivity contribution in [1.29, 1.82) is 0 Å². The van der Waals surface area contributed by atoms with Gasteiger partial charge in [-0.1, -0.05) is 54.6 Å². The Hall–Kier alpha value is -4.46. The van der Waals surface area contributed by atoms with Crippen LogP contribution in [0.2, 0.25) is 0 Å². The van der Waals surface area contributed by atoms with Crippen molar-refractivity contribution in [3.05, 3.63) is 102 Å². The van der Waals surface area contributed by atoms with Crippen molar-refractivity contribution >= 4 is 28.7 Å². The molecule has 0 spiro atoms. The van der Waals surface area contributed by atoms with Crippen LogP contribution in [0.4, 0.5) is 4.79 Å². The number of aryl methyl sites for hydroxylation is 1. The second kappa shape index (κ2) is 9.89. The fraction of sp³-hybridized carbons (Fsp3) is 0.241. The van der Waals surface area contributed by atoms with Gasteiger partial charge in [-0.15, -0.1) is 0 Å². The second-order valence-corrected chi connectivity index (χ2v) is 9.27. The summed E-state index contributed by atoms with van der Waals surface area (Å²) in [7, 11) is 1.34. The Morgan fingerprint density at radius 1 is 0.973 bits per heavy atom. The fourth-order valence-corrected chi connectivity index (χ4v) is 5.01. The van der Waals surface area contributed by atoms with Crippen molar-refractivity contribution in [2.45, 2.75) is 32.0 Å². The summed E-state index contributed by atoms with van der Waals surface area (Å²) in [4.78, 5) is 46.8. The summed E-state index contributed by atoms with van der Waals surface area (Å²) in [5, 5.41) is 1.93. The van der Waals surface area contributed by atoms with Crippen LogP contribution in [0.1, 0.15) is 34.8 Å². The standard InChI is InChI=1S/C29H28N4O4/c1-29(25-10-5-8-22-7-3-4-9-24(22)25)27(35)32(17-6-16-31-18-15-30-20-31)28(36)33(29)19-21-11-13-23(14-12-21)26(34)37-2/h3-5,7-15,18,20H,6,16-17,19H2,1-2H3. The molecule has 0 radical (unpaired) electrons. The quantitative estimate of drug-likeness (QED) is 0.263. The van der Waals surface area contributed by atoms with Gasteiger partial charge in [0.05, 0.1) is 19.0 Å². The van der Waals surface area contributed by atoms with Gasteiger partial charge in [0, 0.05) is 32.0 Å². The van der Waals surface area contributed by atoms with Crippen molar-refractivity contribution in [1.82, 2.24) is 19.4 Å². The first-order chi connectivity index (χ1) is 17.9. The number of aromatic nitrogens is 2. The average molecular weight is 497 g/mol. The number of benzene rings is 3. The van der Waals surface area contributed by atoms with Crippen molar-refractivity contribution in [2.75, 3.05) is 13.7 Å². The van der Waals surface area contributed by atoms with Gasteiger partial charge in [-0.25, -0.2) is 14.6 Å². The zero-order chi connectivity index (χ0) is 26.0. The number of esters is 1. The van der Waals surface area contributed by atoms with Gasteiger partial charge in [0.15, 0.2) is 0 Å². The topological polar surface area (TPSA) is 84.7 Å². The van der Waals surface area contributed by atoms with Crippen molar-refractivity contribution in [3.63, 3.8) is 0 Å². The number of nitrogens with zero attached hydrogens (tertiary/aromatic N) is 4. The first kappa shape index (κ1) is 24.2. The highest BCUT2D eigenvalue weighted by molar-refractivity contribution is 6.09. The average Bonchev–Trinajstić information content (AvgIpc) is 3.51. The molecule has 1 atom stereocenters. The smallest absolute Gasteiger partial charge is 0.337 e. The Bertz CT molecular complexity index is 1440. The monoisotopic (exact) mass is 496 g/mol. The lowest BCUT2D eigenvalue weighted by molar-refractivity contribution is -0.133. The van der Waals surface area contributed by atoms with Gasteiger partial charge in [0.2, 0.25) is 0 Å². The third-order valence-corrected chi connectivity index (χ3v) is 7.05. The zero-order valence-corrected chi connectivity index (χ0v) is 20.8. The molecule has 0 saturated carbocycles. The predicted molar refractivity (Wildman–Crippen MR) is 139 cm³/mol. The minimum absolute atomic E-state index is 0.212. The van der Waals surface area contributed by atoms with E-state index in [4.69, 9.17) is 4.74 Å². The Kier molecular flexibility index (Phi) is 6.48. The summed E-state index contributed by atoms with van der Waals surface area (Å²) in [6.07, 6.45) is 5.90. The molecule has 1 aliphatic rings. The van der Waals surface area contributed by atoms with E-state index >= 15 is 0 Å². The van der Waals surface area contributed by atoms with E-state index in [0.717, 1.165) is 21.9 Å². The van der Waals surface area contributed by atoms with E-state index in [1.165, 1.54) is 12.0 Å². The molecule has 5 rings (SSSR count). The molecular formula is C29H28N4O4. The minimum atomic E-state index is -1.20. The van der Waals surface area contributed by atoms with E-state index in [-0.39, 0.29) is 18.5 Å². The molecule has 1 aliphatic heterocycles. The fourth-order valence-electron chi connectivity index (χ4n) is 5.01. The molecule has 1 fully saturated rings. The van der Waals surface area contributed by atoms with Crippen LogP contribution in [0.15, 0.2) is 85.5 Å². The number of urea groups is 1. The SMILES string of the molecule is COC(=O)c1ccc(CN2C(=O)N(CCCn3ccnc3)C(=O)C2(C)c2cccc3ccccc23)cc1. The molecule has 1 saturated heterocycles. The van der Waals surface area contributed by atoms with Crippen LogP contribution in [0.3, 0.4) is 0 Å². The number of imide groups is 1. The van der Waals surface area contributed by atoms with Gasteiger partial charge in [-0.05, 0) is 47.4 Å². The number of imidazole rings is 1. The number of hydrogen-bond donors (Lipinski definition) is 0. The number of hydrogen-bond acceptors (Lipinski definition) is 5. The molecule has 1 unspecified atom stereocenters. The number of methoxy groups -OCH3 is 1. The molecule has 8 nitrogen and oxygen atoms in total. The zero-order valence-electron chi connectivity index (χ0n) is 20.8. The maximum atomic E-state index is 14.0. The molecule has 1 aromatic heterocycles. The molecule has 8 heteroatoms. The first-order valence-corrected chi connectivity index (χ1v) is 12.2. The number of carbonyl (C=O) groups excluding carboxylic acids is 3. The largest absolute Gasteiger partial charge is 0.465 e. The van der Waals surface area contributed by atoms with Gasteiger partial charge >= 0.3 is 12.0 Å². The third-order valence-electron chi connectivity index (χ3n) is 7.05. The molecule has 188 valence electrons. The predicted octanol–water partition coefficient (Wildman–Crippen LogP) is 4.59. The number of amides is 3.